The van der Waals surface area contributed by atoms with Crippen LogP contribution in [-0.4, -0.2) is 25.5 Å². The van der Waals surface area contributed by atoms with Crippen LogP contribution in [0.4, 0.5) is 17.1 Å². The Balaban J connectivity index is 1.65. The van der Waals surface area contributed by atoms with Crippen LogP contribution in [0.3, 0.4) is 0 Å². The molecule has 0 spiro atoms. The third kappa shape index (κ3) is 4.17. The molecule has 0 unspecified atom stereocenters. The van der Waals surface area contributed by atoms with E-state index < -0.39 is 0 Å². The van der Waals surface area contributed by atoms with Crippen LogP contribution in [0, 0.1) is 0 Å². The molecular formula is C18H20ClN3O. The molecule has 0 bridgehead atoms. The molecule has 2 aromatic rings. The topological polar surface area (TPSA) is 44.4 Å². The van der Waals surface area contributed by atoms with Gasteiger partial charge in [0.2, 0.25) is 5.91 Å². The van der Waals surface area contributed by atoms with Crippen molar-refractivity contribution in [2.45, 2.75) is 12.8 Å². The number of nitrogens with zero attached hydrogens (tertiary/aromatic N) is 1. The fraction of sp³-hybridized carbons (Fsp3) is 0.278. The van der Waals surface area contributed by atoms with E-state index in [0.717, 1.165) is 30.2 Å². The van der Waals surface area contributed by atoms with Gasteiger partial charge in [-0.05, 0) is 43.2 Å². The Morgan fingerprint density at radius 1 is 1.09 bits per heavy atom. The number of para-hydroxylation sites is 1. The average molecular weight is 330 g/mol. The first kappa shape index (κ1) is 15.7. The highest BCUT2D eigenvalue weighted by Gasteiger charge is 2.16. The van der Waals surface area contributed by atoms with Gasteiger partial charge in [0.1, 0.15) is 0 Å². The molecule has 2 N–H and O–H groups in total. The highest BCUT2D eigenvalue weighted by molar-refractivity contribution is 6.31. The molecular weight excluding hydrogens is 310 g/mol. The molecule has 2 aromatic carbocycles. The maximum absolute atomic E-state index is 12.1. The maximum Gasteiger partial charge on any atom is 0.243 e. The molecule has 4 nitrogen and oxygen atoms in total. The lowest BCUT2D eigenvalue weighted by Gasteiger charge is -2.22. The van der Waals surface area contributed by atoms with Crippen molar-refractivity contribution in [2.75, 3.05) is 35.2 Å². The fourth-order valence-corrected chi connectivity index (χ4v) is 2.96. The Hall–Kier alpha value is -2.20. The lowest BCUT2D eigenvalue weighted by atomic mass is 10.2. The molecule has 23 heavy (non-hydrogen) atoms. The van der Waals surface area contributed by atoms with Crippen LogP contribution >= 0.6 is 11.6 Å². The van der Waals surface area contributed by atoms with E-state index in [4.69, 9.17) is 11.6 Å². The molecule has 0 aromatic heterocycles. The zero-order chi connectivity index (χ0) is 16.1. The number of benzene rings is 2. The summed E-state index contributed by atoms with van der Waals surface area (Å²) in [5.74, 6) is -0.0800. The van der Waals surface area contributed by atoms with Crippen molar-refractivity contribution in [3.8, 4) is 0 Å². The van der Waals surface area contributed by atoms with E-state index in [0.29, 0.717) is 5.02 Å². The van der Waals surface area contributed by atoms with Gasteiger partial charge in [-0.1, -0.05) is 29.8 Å². The monoisotopic (exact) mass is 329 g/mol. The predicted octanol–water partition coefficient (Wildman–Crippen LogP) is 3.99. The van der Waals surface area contributed by atoms with Gasteiger partial charge in [0, 0.05) is 23.8 Å². The predicted molar refractivity (Wildman–Crippen MR) is 96.5 cm³/mol. The molecule has 0 atom stereocenters. The van der Waals surface area contributed by atoms with Crippen molar-refractivity contribution >= 4 is 34.6 Å². The SMILES string of the molecule is O=C(CNc1cc(Cl)ccc1N1CCCC1)Nc1ccccc1. The van der Waals surface area contributed by atoms with Crippen LogP contribution in [0.5, 0.6) is 0 Å². The largest absolute Gasteiger partial charge is 0.374 e. The fourth-order valence-electron chi connectivity index (χ4n) is 2.79. The number of rotatable bonds is 5. The first-order chi connectivity index (χ1) is 11.2. The van der Waals surface area contributed by atoms with Gasteiger partial charge >= 0.3 is 0 Å². The smallest absolute Gasteiger partial charge is 0.243 e. The molecule has 1 saturated heterocycles. The molecule has 1 amide bonds. The van der Waals surface area contributed by atoms with Crippen LogP contribution in [-0.2, 0) is 4.79 Å². The second-order valence-electron chi connectivity index (χ2n) is 5.62. The molecule has 3 rings (SSSR count). The molecule has 1 aliphatic rings. The van der Waals surface area contributed by atoms with Gasteiger partial charge in [-0.15, -0.1) is 0 Å². The lowest BCUT2D eigenvalue weighted by Crippen LogP contribution is -2.24. The van der Waals surface area contributed by atoms with Gasteiger partial charge in [-0.2, -0.15) is 0 Å². The van der Waals surface area contributed by atoms with Crippen LogP contribution in [0.1, 0.15) is 12.8 Å². The Morgan fingerprint density at radius 2 is 1.83 bits per heavy atom. The number of amides is 1. The Kier molecular flexibility index (Phi) is 5.03. The highest BCUT2D eigenvalue weighted by Crippen LogP contribution is 2.31. The van der Waals surface area contributed by atoms with Crippen molar-refractivity contribution in [1.82, 2.24) is 0 Å². The third-order valence-electron chi connectivity index (χ3n) is 3.90. The Labute approximate surface area is 141 Å². The van der Waals surface area contributed by atoms with E-state index in [1.165, 1.54) is 12.8 Å². The summed E-state index contributed by atoms with van der Waals surface area (Å²) < 4.78 is 0. The van der Waals surface area contributed by atoms with Gasteiger partial charge in [0.15, 0.2) is 0 Å². The van der Waals surface area contributed by atoms with Crippen LogP contribution in [0.2, 0.25) is 5.02 Å². The van der Waals surface area contributed by atoms with E-state index >= 15 is 0 Å². The van der Waals surface area contributed by atoms with Crippen molar-refractivity contribution in [3.63, 3.8) is 0 Å². The van der Waals surface area contributed by atoms with Crippen LogP contribution in [0.25, 0.3) is 0 Å². The number of hydrogen-bond acceptors (Lipinski definition) is 3. The van der Waals surface area contributed by atoms with Gasteiger partial charge in [0.25, 0.3) is 0 Å². The zero-order valence-electron chi connectivity index (χ0n) is 12.9. The molecule has 120 valence electrons. The molecule has 0 aliphatic carbocycles. The normalized spacial score (nSPS) is 13.9. The molecule has 0 radical (unpaired) electrons. The minimum absolute atomic E-state index is 0.0800. The number of anilines is 3. The Bertz CT molecular complexity index is 669. The summed E-state index contributed by atoms with van der Waals surface area (Å²) in [6.45, 7) is 2.30. The summed E-state index contributed by atoms with van der Waals surface area (Å²) in [5.41, 5.74) is 2.81. The second kappa shape index (κ2) is 7.38. The quantitative estimate of drug-likeness (QED) is 0.871. The maximum atomic E-state index is 12.1. The molecule has 1 heterocycles. The minimum Gasteiger partial charge on any atom is -0.374 e. The van der Waals surface area contributed by atoms with Crippen molar-refractivity contribution in [1.29, 1.82) is 0 Å². The van der Waals surface area contributed by atoms with E-state index in [9.17, 15) is 4.79 Å². The van der Waals surface area contributed by atoms with Crippen molar-refractivity contribution < 1.29 is 4.79 Å². The van der Waals surface area contributed by atoms with Crippen LogP contribution < -0.4 is 15.5 Å². The summed E-state index contributed by atoms with van der Waals surface area (Å²) in [6.07, 6.45) is 2.41. The van der Waals surface area contributed by atoms with Gasteiger partial charge in [-0.25, -0.2) is 0 Å². The number of nitrogens with one attached hydrogen (secondary N) is 2. The standard InChI is InChI=1S/C18H20ClN3O/c19-14-8-9-17(22-10-4-5-11-22)16(12-14)20-13-18(23)21-15-6-2-1-3-7-15/h1-3,6-9,12,20H,4-5,10-11,13H2,(H,21,23). The molecule has 5 heteroatoms. The zero-order valence-corrected chi connectivity index (χ0v) is 13.6. The summed E-state index contributed by atoms with van der Waals surface area (Å²) in [4.78, 5) is 14.4. The molecule has 1 fully saturated rings. The third-order valence-corrected chi connectivity index (χ3v) is 4.14. The number of carbonyl (C=O) groups is 1. The summed E-state index contributed by atoms with van der Waals surface area (Å²) >= 11 is 6.11. The average Bonchev–Trinajstić information content (AvgIpc) is 3.08. The first-order valence-corrected chi connectivity index (χ1v) is 8.23. The van der Waals surface area contributed by atoms with E-state index in [1.807, 2.05) is 48.5 Å². The number of hydrogen-bond donors (Lipinski definition) is 2. The van der Waals surface area contributed by atoms with Crippen molar-refractivity contribution in [2.24, 2.45) is 0 Å². The van der Waals surface area contributed by atoms with Crippen molar-refractivity contribution in [3.05, 3.63) is 53.6 Å². The summed E-state index contributed by atoms with van der Waals surface area (Å²) in [7, 11) is 0. The lowest BCUT2D eigenvalue weighted by molar-refractivity contribution is -0.114. The number of carbonyl (C=O) groups excluding carboxylic acids is 1. The van der Waals surface area contributed by atoms with E-state index in [1.54, 1.807) is 0 Å². The molecule has 0 saturated carbocycles. The second-order valence-corrected chi connectivity index (χ2v) is 6.06. The van der Waals surface area contributed by atoms with Gasteiger partial charge < -0.3 is 15.5 Å². The number of halogens is 1. The minimum atomic E-state index is -0.0800. The van der Waals surface area contributed by atoms with E-state index in [2.05, 4.69) is 15.5 Å². The van der Waals surface area contributed by atoms with Gasteiger partial charge in [-0.3, -0.25) is 4.79 Å². The highest BCUT2D eigenvalue weighted by atomic mass is 35.5. The van der Waals surface area contributed by atoms with Gasteiger partial charge in [0.05, 0.1) is 17.9 Å². The first-order valence-electron chi connectivity index (χ1n) is 7.85. The summed E-state index contributed by atoms with van der Waals surface area (Å²) in [5, 5.41) is 6.75. The van der Waals surface area contributed by atoms with E-state index in [-0.39, 0.29) is 12.5 Å². The molecule has 1 aliphatic heterocycles. The Morgan fingerprint density at radius 3 is 2.57 bits per heavy atom. The summed E-state index contributed by atoms with van der Waals surface area (Å²) in [6, 6.07) is 15.2. The van der Waals surface area contributed by atoms with Crippen LogP contribution in [0.15, 0.2) is 48.5 Å².